The molecule has 0 aliphatic heterocycles. The summed E-state index contributed by atoms with van der Waals surface area (Å²) in [5.74, 6) is -2.01. The average molecular weight is 248 g/mol. The van der Waals surface area contributed by atoms with Gasteiger partial charge in [-0.15, -0.1) is 0 Å². The van der Waals surface area contributed by atoms with Gasteiger partial charge in [-0.3, -0.25) is 0 Å². The van der Waals surface area contributed by atoms with Crippen molar-refractivity contribution in [1.82, 2.24) is 0 Å². The molecule has 94 valence electrons. The van der Waals surface area contributed by atoms with Crippen LogP contribution in [-0.4, -0.2) is 17.7 Å². The average Bonchev–Trinajstić information content (AvgIpc) is 2.28. The van der Waals surface area contributed by atoms with Gasteiger partial charge in [0.15, 0.2) is 6.10 Å². The number of aliphatic hydroxyl groups is 1. The van der Waals surface area contributed by atoms with Gasteiger partial charge >= 0.3 is 5.97 Å². The van der Waals surface area contributed by atoms with Gasteiger partial charge in [0.2, 0.25) is 0 Å². The molecular weight excluding hydrogens is 237 g/mol. The summed E-state index contributed by atoms with van der Waals surface area (Å²) < 4.78 is 42.5. The highest BCUT2D eigenvalue weighted by molar-refractivity contribution is 5.76. The molecule has 0 saturated heterocycles. The van der Waals surface area contributed by atoms with E-state index in [-0.39, 0.29) is 6.61 Å². The van der Waals surface area contributed by atoms with Crippen molar-refractivity contribution in [1.29, 1.82) is 0 Å². The normalized spacial score (nSPS) is 12.6. The zero-order valence-electron chi connectivity index (χ0n) is 8.99. The molecule has 6 heteroatoms. The third kappa shape index (κ3) is 3.20. The highest BCUT2D eigenvalue weighted by Gasteiger charge is 2.23. The van der Waals surface area contributed by atoms with E-state index in [0.717, 1.165) is 18.2 Å². The lowest BCUT2D eigenvalue weighted by atomic mass is 10.1. The van der Waals surface area contributed by atoms with E-state index in [2.05, 4.69) is 4.74 Å². The van der Waals surface area contributed by atoms with Crippen LogP contribution in [0.2, 0.25) is 0 Å². The monoisotopic (exact) mass is 248 g/mol. The molecule has 17 heavy (non-hydrogen) atoms. The minimum absolute atomic E-state index is 0.00600. The molecule has 0 radical (unpaired) electrons. The molecule has 0 saturated carbocycles. The third-order valence-corrected chi connectivity index (χ3v) is 2.08. The molecule has 1 N–H and O–H groups in total. The highest BCUT2D eigenvalue weighted by Crippen LogP contribution is 2.25. The van der Waals surface area contributed by atoms with Crippen molar-refractivity contribution >= 4 is 5.97 Å². The fourth-order valence-electron chi connectivity index (χ4n) is 1.26. The lowest BCUT2D eigenvalue weighted by Gasteiger charge is -2.12. The Bertz CT molecular complexity index is 407. The maximum absolute atomic E-state index is 13.3. The number of benzene rings is 1. The number of carbonyl (C=O) groups is 1. The Morgan fingerprint density at radius 1 is 1.47 bits per heavy atom. The molecule has 0 aliphatic rings. The Hall–Kier alpha value is -1.56. The van der Waals surface area contributed by atoms with Crippen LogP contribution in [0.15, 0.2) is 18.2 Å². The van der Waals surface area contributed by atoms with Crippen molar-refractivity contribution in [2.75, 3.05) is 6.61 Å². The molecule has 0 aromatic heterocycles. The van der Waals surface area contributed by atoms with Crippen molar-refractivity contribution in [3.8, 4) is 0 Å². The summed E-state index contributed by atoms with van der Waals surface area (Å²) in [5.41, 5.74) is -0.981. The van der Waals surface area contributed by atoms with Gasteiger partial charge in [-0.25, -0.2) is 18.0 Å². The summed E-state index contributed by atoms with van der Waals surface area (Å²) in [5, 5.41) is 9.45. The SMILES string of the molecule is CCOC(=O)C(O)c1cc(C(F)F)ccc1F. The minimum Gasteiger partial charge on any atom is -0.464 e. The Morgan fingerprint density at radius 3 is 2.65 bits per heavy atom. The molecule has 1 rings (SSSR count). The molecule has 0 heterocycles. The van der Waals surface area contributed by atoms with Crippen molar-refractivity contribution in [3.63, 3.8) is 0 Å². The van der Waals surface area contributed by atoms with Crippen LogP contribution in [0, 0.1) is 5.82 Å². The largest absolute Gasteiger partial charge is 0.464 e. The van der Waals surface area contributed by atoms with Crippen LogP contribution in [0.3, 0.4) is 0 Å². The molecular formula is C11H11F3O3. The fourth-order valence-corrected chi connectivity index (χ4v) is 1.26. The number of esters is 1. The predicted octanol–water partition coefficient (Wildman–Crippen LogP) is 2.36. The quantitative estimate of drug-likeness (QED) is 0.832. The van der Waals surface area contributed by atoms with E-state index in [4.69, 9.17) is 0 Å². The molecule has 1 unspecified atom stereocenters. The second-order valence-electron chi connectivity index (χ2n) is 3.24. The van der Waals surface area contributed by atoms with Crippen LogP contribution in [0.4, 0.5) is 13.2 Å². The van der Waals surface area contributed by atoms with Gasteiger partial charge in [0, 0.05) is 11.1 Å². The van der Waals surface area contributed by atoms with Crippen LogP contribution in [0.25, 0.3) is 0 Å². The number of carbonyl (C=O) groups excluding carboxylic acids is 1. The van der Waals surface area contributed by atoms with Crippen LogP contribution >= 0.6 is 0 Å². The van der Waals surface area contributed by atoms with Gasteiger partial charge in [0.1, 0.15) is 5.82 Å². The number of hydrogen-bond acceptors (Lipinski definition) is 3. The summed E-state index contributed by atoms with van der Waals surface area (Å²) in [6.07, 6.45) is -4.70. The van der Waals surface area contributed by atoms with E-state index < -0.39 is 35.4 Å². The molecule has 1 atom stereocenters. The number of aliphatic hydroxyl groups excluding tert-OH is 1. The highest BCUT2D eigenvalue weighted by atomic mass is 19.3. The number of ether oxygens (including phenoxy) is 1. The van der Waals surface area contributed by atoms with Crippen LogP contribution < -0.4 is 0 Å². The van der Waals surface area contributed by atoms with E-state index in [9.17, 15) is 23.1 Å². The molecule has 0 aliphatic carbocycles. The summed E-state index contributed by atoms with van der Waals surface area (Å²) in [4.78, 5) is 11.2. The maximum Gasteiger partial charge on any atom is 0.339 e. The van der Waals surface area contributed by atoms with E-state index >= 15 is 0 Å². The summed E-state index contributed by atoms with van der Waals surface area (Å²) in [6.45, 7) is 1.52. The zero-order chi connectivity index (χ0) is 13.0. The van der Waals surface area contributed by atoms with Crippen LogP contribution in [0.1, 0.15) is 30.6 Å². The van der Waals surface area contributed by atoms with Gasteiger partial charge in [-0.2, -0.15) is 0 Å². The van der Waals surface area contributed by atoms with Crippen molar-refractivity contribution in [3.05, 3.63) is 35.1 Å². The standard InChI is InChI=1S/C11H11F3O3/c1-2-17-11(16)9(15)7-5-6(10(13)14)3-4-8(7)12/h3-5,9-10,15H,2H2,1H3. The maximum atomic E-state index is 13.3. The van der Waals surface area contributed by atoms with Gasteiger partial charge in [0.05, 0.1) is 6.61 Å². The van der Waals surface area contributed by atoms with Crippen LogP contribution in [-0.2, 0) is 9.53 Å². The van der Waals surface area contributed by atoms with Gasteiger partial charge in [-0.1, -0.05) is 6.07 Å². The first-order valence-electron chi connectivity index (χ1n) is 4.89. The Labute approximate surface area is 95.8 Å². The number of rotatable bonds is 4. The topological polar surface area (TPSA) is 46.5 Å². The fraction of sp³-hybridized carbons (Fsp3) is 0.364. The Balaban J connectivity index is 3.03. The zero-order valence-corrected chi connectivity index (χ0v) is 8.99. The summed E-state index contributed by atoms with van der Waals surface area (Å²) in [6, 6.07) is 2.42. The van der Waals surface area contributed by atoms with E-state index in [0.29, 0.717) is 0 Å². The smallest absolute Gasteiger partial charge is 0.339 e. The van der Waals surface area contributed by atoms with Crippen molar-refractivity contribution in [2.24, 2.45) is 0 Å². The van der Waals surface area contributed by atoms with Gasteiger partial charge in [0.25, 0.3) is 6.43 Å². The molecule has 0 bridgehead atoms. The first-order chi connectivity index (χ1) is 7.97. The van der Waals surface area contributed by atoms with Gasteiger partial charge < -0.3 is 9.84 Å². The molecule has 0 fully saturated rings. The van der Waals surface area contributed by atoms with E-state index in [1.807, 2.05) is 0 Å². The minimum atomic E-state index is -2.80. The van der Waals surface area contributed by atoms with Crippen molar-refractivity contribution in [2.45, 2.75) is 19.5 Å². The second-order valence-corrected chi connectivity index (χ2v) is 3.24. The van der Waals surface area contributed by atoms with E-state index in [1.54, 1.807) is 0 Å². The summed E-state index contributed by atoms with van der Waals surface area (Å²) >= 11 is 0. The molecule has 0 amide bonds. The first-order valence-corrected chi connectivity index (χ1v) is 4.89. The summed E-state index contributed by atoms with van der Waals surface area (Å²) in [7, 11) is 0. The molecule has 0 spiro atoms. The number of hydrogen-bond donors (Lipinski definition) is 1. The molecule has 1 aromatic carbocycles. The predicted molar refractivity (Wildman–Crippen MR) is 52.9 cm³/mol. The molecule has 3 nitrogen and oxygen atoms in total. The first kappa shape index (κ1) is 13.5. The van der Waals surface area contributed by atoms with Crippen LogP contribution in [0.5, 0.6) is 0 Å². The number of halogens is 3. The lowest BCUT2D eigenvalue weighted by Crippen LogP contribution is -2.16. The Morgan fingerprint density at radius 2 is 2.12 bits per heavy atom. The third-order valence-electron chi connectivity index (χ3n) is 2.08. The van der Waals surface area contributed by atoms with Gasteiger partial charge in [-0.05, 0) is 19.1 Å². The molecule has 1 aromatic rings. The van der Waals surface area contributed by atoms with E-state index in [1.165, 1.54) is 6.92 Å². The Kier molecular flexibility index (Phi) is 4.51. The van der Waals surface area contributed by atoms with Crippen molar-refractivity contribution < 1.29 is 27.8 Å². The second kappa shape index (κ2) is 5.67. The number of alkyl halides is 2. The lowest BCUT2D eigenvalue weighted by molar-refractivity contribution is -0.153.